The molecule has 1 heterocycles. The van der Waals surface area contributed by atoms with E-state index in [-0.39, 0.29) is 5.41 Å². The number of benzene rings is 2. The van der Waals surface area contributed by atoms with E-state index in [1.165, 1.54) is 33.4 Å². The van der Waals surface area contributed by atoms with Crippen molar-refractivity contribution >= 4 is 0 Å². The number of aryl methyl sites for hydroxylation is 2. The van der Waals surface area contributed by atoms with Gasteiger partial charge in [0.1, 0.15) is 12.4 Å². The molecule has 3 rings (SSSR count). The third-order valence-electron chi connectivity index (χ3n) is 5.26. The number of fused-ring (bicyclic) bond motifs is 1. The molecular weight excluding hydrogens is 268 g/mol. The van der Waals surface area contributed by atoms with Gasteiger partial charge in [-0.3, -0.25) is 0 Å². The SMILES string of the molecule is Cc1cc(C)c2c(c1C)OCC2(C)c1ccc(C(C)C)cc1. The molecule has 0 aromatic heterocycles. The normalized spacial score (nSPS) is 20.1. The van der Waals surface area contributed by atoms with Gasteiger partial charge in [0, 0.05) is 5.56 Å². The van der Waals surface area contributed by atoms with Crippen LogP contribution in [0.5, 0.6) is 5.75 Å². The molecule has 0 amide bonds. The fourth-order valence-electron chi connectivity index (χ4n) is 3.67. The van der Waals surface area contributed by atoms with Gasteiger partial charge in [0.15, 0.2) is 0 Å². The van der Waals surface area contributed by atoms with E-state index >= 15 is 0 Å². The lowest BCUT2D eigenvalue weighted by molar-refractivity contribution is 0.301. The van der Waals surface area contributed by atoms with E-state index in [4.69, 9.17) is 4.74 Å². The highest BCUT2D eigenvalue weighted by Crippen LogP contribution is 2.47. The molecule has 0 spiro atoms. The predicted octanol–water partition coefficient (Wildman–Crippen LogP) is 5.43. The van der Waals surface area contributed by atoms with Gasteiger partial charge >= 0.3 is 0 Å². The Balaban J connectivity index is 2.13. The fraction of sp³-hybridized carbons (Fsp3) is 0.429. The van der Waals surface area contributed by atoms with E-state index in [1.54, 1.807) is 0 Å². The number of hydrogen-bond acceptors (Lipinski definition) is 1. The molecule has 2 aromatic carbocycles. The van der Waals surface area contributed by atoms with Crippen LogP contribution >= 0.6 is 0 Å². The Bertz CT molecular complexity index is 710. The van der Waals surface area contributed by atoms with Crippen molar-refractivity contribution in [3.63, 3.8) is 0 Å². The summed E-state index contributed by atoms with van der Waals surface area (Å²) in [4.78, 5) is 0. The molecular formula is C21H26O. The van der Waals surface area contributed by atoms with Gasteiger partial charge in [0.05, 0.1) is 5.41 Å². The molecule has 0 aliphatic carbocycles. The maximum absolute atomic E-state index is 6.14. The van der Waals surface area contributed by atoms with Gasteiger partial charge in [0.2, 0.25) is 0 Å². The van der Waals surface area contributed by atoms with Gasteiger partial charge in [0.25, 0.3) is 0 Å². The zero-order valence-corrected chi connectivity index (χ0v) is 14.6. The molecule has 1 heteroatoms. The summed E-state index contributed by atoms with van der Waals surface area (Å²) < 4.78 is 6.14. The smallest absolute Gasteiger partial charge is 0.127 e. The van der Waals surface area contributed by atoms with Crippen LogP contribution in [0.4, 0.5) is 0 Å². The monoisotopic (exact) mass is 294 g/mol. The van der Waals surface area contributed by atoms with Gasteiger partial charge in [-0.25, -0.2) is 0 Å². The molecule has 0 fully saturated rings. The minimum Gasteiger partial charge on any atom is -0.492 e. The Morgan fingerprint density at radius 2 is 1.64 bits per heavy atom. The third kappa shape index (κ3) is 2.15. The van der Waals surface area contributed by atoms with Crippen molar-refractivity contribution in [2.45, 2.75) is 52.9 Å². The summed E-state index contributed by atoms with van der Waals surface area (Å²) in [6.07, 6.45) is 0. The zero-order chi connectivity index (χ0) is 16.1. The molecule has 116 valence electrons. The average molecular weight is 294 g/mol. The molecule has 0 saturated heterocycles. The average Bonchev–Trinajstić information content (AvgIpc) is 2.85. The molecule has 0 radical (unpaired) electrons. The molecule has 1 atom stereocenters. The van der Waals surface area contributed by atoms with Crippen LogP contribution in [-0.4, -0.2) is 6.61 Å². The number of rotatable bonds is 2. The van der Waals surface area contributed by atoms with Crippen molar-refractivity contribution in [2.24, 2.45) is 0 Å². The maximum atomic E-state index is 6.14. The van der Waals surface area contributed by atoms with Crippen LogP contribution in [0.3, 0.4) is 0 Å². The van der Waals surface area contributed by atoms with E-state index in [0.29, 0.717) is 5.92 Å². The van der Waals surface area contributed by atoms with Crippen molar-refractivity contribution in [3.8, 4) is 5.75 Å². The van der Waals surface area contributed by atoms with Gasteiger partial charge in [-0.05, 0) is 61.4 Å². The predicted molar refractivity (Wildman–Crippen MR) is 93.1 cm³/mol. The van der Waals surface area contributed by atoms with Crippen LogP contribution in [0.15, 0.2) is 30.3 Å². The maximum Gasteiger partial charge on any atom is 0.127 e. The van der Waals surface area contributed by atoms with E-state index in [9.17, 15) is 0 Å². The van der Waals surface area contributed by atoms with Crippen LogP contribution in [0.25, 0.3) is 0 Å². The third-order valence-corrected chi connectivity index (χ3v) is 5.26. The molecule has 0 saturated carbocycles. The first-order valence-corrected chi connectivity index (χ1v) is 8.19. The second kappa shape index (κ2) is 5.15. The molecule has 0 bridgehead atoms. The Kier molecular flexibility index (Phi) is 3.55. The molecule has 1 unspecified atom stereocenters. The molecule has 0 N–H and O–H groups in total. The molecule has 1 aliphatic rings. The first kappa shape index (κ1) is 15.1. The molecule has 2 aromatic rings. The topological polar surface area (TPSA) is 9.23 Å². The highest BCUT2D eigenvalue weighted by Gasteiger charge is 2.40. The summed E-state index contributed by atoms with van der Waals surface area (Å²) in [5.74, 6) is 1.67. The fourth-order valence-corrected chi connectivity index (χ4v) is 3.67. The van der Waals surface area contributed by atoms with Crippen LogP contribution in [0, 0.1) is 20.8 Å². The van der Waals surface area contributed by atoms with Gasteiger partial charge < -0.3 is 4.74 Å². The molecule has 22 heavy (non-hydrogen) atoms. The van der Waals surface area contributed by atoms with Crippen molar-refractivity contribution in [3.05, 3.63) is 63.7 Å². The van der Waals surface area contributed by atoms with Crippen LogP contribution in [0.2, 0.25) is 0 Å². The first-order valence-electron chi connectivity index (χ1n) is 8.19. The van der Waals surface area contributed by atoms with Crippen molar-refractivity contribution in [1.29, 1.82) is 0 Å². The van der Waals surface area contributed by atoms with E-state index < -0.39 is 0 Å². The largest absolute Gasteiger partial charge is 0.492 e. The van der Waals surface area contributed by atoms with Crippen molar-refractivity contribution < 1.29 is 4.74 Å². The Morgan fingerprint density at radius 1 is 1.00 bits per heavy atom. The van der Waals surface area contributed by atoms with Gasteiger partial charge in [-0.1, -0.05) is 44.2 Å². The standard InChI is InChI=1S/C21H26O/c1-13(2)17-7-9-18(10-8-17)21(6)12-22-20-16(5)14(3)11-15(4)19(20)21/h7-11,13H,12H2,1-6H3. The summed E-state index contributed by atoms with van der Waals surface area (Å²) in [5, 5.41) is 0. The Hall–Kier alpha value is -1.76. The first-order chi connectivity index (χ1) is 10.3. The lowest BCUT2D eigenvalue weighted by Crippen LogP contribution is -2.26. The van der Waals surface area contributed by atoms with Gasteiger partial charge in [-0.15, -0.1) is 0 Å². The van der Waals surface area contributed by atoms with Gasteiger partial charge in [-0.2, -0.15) is 0 Å². The zero-order valence-electron chi connectivity index (χ0n) is 14.6. The van der Waals surface area contributed by atoms with Crippen LogP contribution < -0.4 is 4.74 Å². The summed E-state index contributed by atoms with van der Waals surface area (Å²) in [5.41, 5.74) is 8.00. The highest BCUT2D eigenvalue weighted by molar-refractivity contribution is 5.59. The number of ether oxygens (including phenoxy) is 1. The van der Waals surface area contributed by atoms with E-state index in [1.807, 2.05) is 0 Å². The van der Waals surface area contributed by atoms with Crippen LogP contribution in [-0.2, 0) is 5.41 Å². The minimum absolute atomic E-state index is 0.0482. The molecule has 1 aliphatic heterocycles. The van der Waals surface area contributed by atoms with Crippen molar-refractivity contribution in [1.82, 2.24) is 0 Å². The summed E-state index contributed by atoms with van der Waals surface area (Å²) in [7, 11) is 0. The highest BCUT2D eigenvalue weighted by atomic mass is 16.5. The number of hydrogen-bond donors (Lipinski definition) is 0. The van der Waals surface area contributed by atoms with Crippen LogP contribution in [0.1, 0.15) is 60.1 Å². The quantitative estimate of drug-likeness (QED) is 0.717. The summed E-state index contributed by atoms with van der Waals surface area (Å²) in [6.45, 7) is 14.1. The summed E-state index contributed by atoms with van der Waals surface area (Å²) >= 11 is 0. The second-order valence-corrected chi connectivity index (χ2v) is 7.24. The summed E-state index contributed by atoms with van der Waals surface area (Å²) in [6, 6.07) is 11.4. The minimum atomic E-state index is -0.0482. The van der Waals surface area contributed by atoms with E-state index in [2.05, 4.69) is 71.9 Å². The Labute approximate surface area is 134 Å². The lowest BCUT2D eigenvalue weighted by atomic mass is 9.75. The Morgan fingerprint density at radius 3 is 2.23 bits per heavy atom. The lowest BCUT2D eigenvalue weighted by Gasteiger charge is -2.26. The second-order valence-electron chi connectivity index (χ2n) is 7.24. The molecule has 1 nitrogen and oxygen atoms in total. The van der Waals surface area contributed by atoms with E-state index in [0.717, 1.165) is 12.4 Å². The van der Waals surface area contributed by atoms with Crippen molar-refractivity contribution in [2.75, 3.05) is 6.61 Å².